The van der Waals surface area contributed by atoms with Gasteiger partial charge in [-0.05, 0) is 36.4 Å². The molecule has 0 spiro atoms. The highest BCUT2D eigenvalue weighted by atomic mass is 35.5. The molecule has 2 aromatic carbocycles. The second-order valence-corrected chi connectivity index (χ2v) is 9.64. The second kappa shape index (κ2) is 9.32. The zero-order valence-corrected chi connectivity index (χ0v) is 20.2. The maximum Gasteiger partial charge on any atom is 0.237 e. The van der Waals surface area contributed by atoms with Crippen LogP contribution in [-0.4, -0.2) is 69.7 Å². The van der Waals surface area contributed by atoms with Crippen molar-refractivity contribution in [3.63, 3.8) is 0 Å². The van der Waals surface area contributed by atoms with Gasteiger partial charge in [-0.25, -0.2) is 4.68 Å². The van der Waals surface area contributed by atoms with Crippen molar-refractivity contribution in [2.24, 2.45) is 0 Å². The van der Waals surface area contributed by atoms with Crippen LogP contribution in [0.15, 0.2) is 67.0 Å². The molecule has 7 nitrogen and oxygen atoms in total. The molecule has 0 unspecified atom stereocenters. The lowest BCUT2D eigenvalue weighted by Gasteiger charge is -2.37. The maximum absolute atomic E-state index is 13.1. The Labute approximate surface area is 209 Å². The average molecular weight is 487 g/mol. The third kappa shape index (κ3) is 4.49. The molecule has 8 heteroatoms. The van der Waals surface area contributed by atoms with Gasteiger partial charge in [0.05, 0.1) is 23.4 Å². The van der Waals surface area contributed by atoms with Gasteiger partial charge >= 0.3 is 0 Å². The van der Waals surface area contributed by atoms with E-state index in [0.29, 0.717) is 18.1 Å². The molecule has 2 aliphatic heterocycles. The number of carbonyl (C=O) groups is 1. The lowest BCUT2D eigenvalue weighted by atomic mass is 10.1. The number of hydrogen-bond donors (Lipinski definition) is 0. The lowest BCUT2D eigenvalue weighted by molar-refractivity contribution is -0.133. The van der Waals surface area contributed by atoms with Gasteiger partial charge in [-0.15, -0.1) is 0 Å². The first-order valence-electron chi connectivity index (χ1n) is 12.1. The summed E-state index contributed by atoms with van der Waals surface area (Å²) in [5.41, 5.74) is 5.37. The molecule has 1 amide bonds. The first kappa shape index (κ1) is 22.1. The summed E-state index contributed by atoms with van der Waals surface area (Å²) in [4.78, 5) is 24.2. The van der Waals surface area contributed by atoms with Gasteiger partial charge in [0.25, 0.3) is 0 Å². The number of halogens is 1. The normalized spacial score (nSPS) is 16.5. The van der Waals surface area contributed by atoms with Crippen LogP contribution in [-0.2, 0) is 17.8 Å². The molecule has 0 aliphatic carbocycles. The fourth-order valence-corrected chi connectivity index (χ4v) is 5.23. The summed E-state index contributed by atoms with van der Waals surface area (Å²) in [7, 11) is 0. The molecule has 0 saturated carbocycles. The molecule has 35 heavy (non-hydrogen) atoms. The van der Waals surface area contributed by atoms with E-state index in [4.69, 9.17) is 16.7 Å². The molecule has 0 bridgehead atoms. The minimum Gasteiger partial charge on any atom is -0.368 e. The Balaban J connectivity index is 1.07. The summed E-state index contributed by atoms with van der Waals surface area (Å²) >= 11 is 6.14. The number of benzene rings is 2. The standard InChI is InChI=1S/C27H27ClN6O/c28-21-6-7-23-25(16-21)29-10-8-26(23)32-14-12-31(13-15-32)19-27(35)33-11-9-24-20(17-33)18-34(30-24)22-4-2-1-3-5-22/h1-8,10,16,18H,9,11-15,17,19H2. The molecule has 0 radical (unpaired) electrons. The number of anilines is 1. The smallest absolute Gasteiger partial charge is 0.237 e. The zero-order valence-electron chi connectivity index (χ0n) is 19.5. The lowest BCUT2D eigenvalue weighted by Crippen LogP contribution is -2.50. The number of pyridine rings is 1. The minimum atomic E-state index is 0.195. The Morgan fingerprint density at radius 1 is 0.971 bits per heavy atom. The zero-order chi connectivity index (χ0) is 23.8. The van der Waals surface area contributed by atoms with E-state index in [-0.39, 0.29) is 5.91 Å². The van der Waals surface area contributed by atoms with E-state index in [1.807, 2.05) is 64.3 Å². The molecular weight excluding hydrogens is 460 g/mol. The van der Waals surface area contributed by atoms with E-state index >= 15 is 0 Å². The number of nitrogens with zero attached hydrogens (tertiary/aromatic N) is 6. The van der Waals surface area contributed by atoms with Crippen molar-refractivity contribution in [3.8, 4) is 5.69 Å². The molecular formula is C27H27ClN6O. The van der Waals surface area contributed by atoms with Crippen molar-refractivity contribution in [2.45, 2.75) is 13.0 Å². The average Bonchev–Trinajstić information content (AvgIpc) is 3.33. The van der Waals surface area contributed by atoms with E-state index < -0.39 is 0 Å². The van der Waals surface area contributed by atoms with Gasteiger partial charge in [0.2, 0.25) is 5.91 Å². The van der Waals surface area contributed by atoms with Crippen molar-refractivity contribution in [2.75, 3.05) is 44.2 Å². The molecule has 0 N–H and O–H groups in total. The highest BCUT2D eigenvalue weighted by molar-refractivity contribution is 6.31. The van der Waals surface area contributed by atoms with Crippen LogP contribution in [0.4, 0.5) is 5.69 Å². The first-order chi connectivity index (χ1) is 17.1. The summed E-state index contributed by atoms with van der Waals surface area (Å²) in [6.07, 6.45) is 4.71. The molecule has 1 fully saturated rings. The fourth-order valence-electron chi connectivity index (χ4n) is 5.06. The number of para-hydroxylation sites is 1. The van der Waals surface area contributed by atoms with Gasteiger partial charge in [-0.1, -0.05) is 29.8 Å². The molecule has 2 aromatic heterocycles. The summed E-state index contributed by atoms with van der Waals surface area (Å²) < 4.78 is 1.93. The van der Waals surface area contributed by atoms with Crippen LogP contribution in [0, 0.1) is 0 Å². The maximum atomic E-state index is 13.1. The van der Waals surface area contributed by atoms with Crippen molar-refractivity contribution in [1.82, 2.24) is 24.6 Å². The van der Waals surface area contributed by atoms with Crippen molar-refractivity contribution in [3.05, 3.63) is 83.3 Å². The first-order valence-corrected chi connectivity index (χ1v) is 12.4. The molecule has 6 rings (SSSR count). The van der Waals surface area contributed by atoms with E-state index in [0.717, 1.165) is 67.0 Å². The summed E-state index contributed by atoms with van der Waals surface area (Å²) in [5, 5.41) is 6.55. The summed E-state index contributed by atoms with van der Waals surface area (Å²) in [6, 6.07) is 18.0. The van der Waals surface area contributed by atoms with Crippen LogP contribution in [0.5, 0.6) is 0 Å². The van der Waals surface area contributed by atoms with Crippen LogP contribution in [0.1, 0.15) is 11.3 Å². The topological polar surface area (TPSA) is 57.5 Å². The number of amides is 1. The number of aromatic nitrogens is 3. The van der Waals surface area contributed by atoms with Crippen LogP contribution < -0.4 is 4.90 Å². The number of piperazine rings is 1. The Hall–Kier alpha value is -3.42. The number of fused-ring (bicyclic) bond motifs is 2. The molecule has 4 aromatic rings. The third-order valence-electron chi connectivity index (χ3n) is 6.98. The summed E-state index contributed by atoms with van der Waals surface area (Å²) in [6.45, 7) is 5.28. The van der Waals surface area contributed by atoms with Crippen LogP contribution in [0.2, 0.25) is 5.02 Å². The van der Waals surface area contributed by atoms with Gasteiger partial charge in [-0.2, -0.15) is 5.10 Å². The minimum absolute atomic E-state index is 0.195. The van der Waals surface area contributed by atoms with E-state index in [9.17, 15) is 4.79 Å². The van der Waals surface area contributed by atoms with E-state index in [2.05, 4.69) is 27.0 Å². The predicted molar refractivity (Wildman–Crippen MR) is 138 cm³/mol. The van der Waals surface area contributed by atoms with Crippen molar-refractivity contribution < 1.29 is 4.79 Å². The van der Waals surface area contributed by atoms with Crippen LogP contribution in [0.25, 0.3) is 16.6 Å². The predicted octanol–water partition coefficient (Wildman–Crippen LogP) is 3.78. The Bertz CT molecular complexity index is 1360. The number of hydrogen-bond acceptors (Lipinski definition) is 5. The molecule has 2 aliphatic rings. The van der Waals surface area contributed by atoms with Gasteiger partial charge in [0.1, 0.15) is 0 Å². The van der Waals surface area contributed by atoms with Crippen molar-refractivity contribution >= 4 is 34.1 Å². The highest BCUT2D eigenvalue weighted by Gasteiger charge is 2.26. The highest BCUT2D eigenvalue weighted by Crippen LogP contribution is 2.28. The largest absolute Gasteiger partial charge is 0.368 e. The van der Waals surface area contributed by atoms with Gasteiger partial charge in [-0.3, -0.25) is 14.7 Å². The number of rotatable bonds is 4. The monoisotopic (exact) mass is 486 g/mol. The second-order valence-electron chi connectivity index (χ2n) is 9.20. The van der Waals surface area contributed by atoms with Gasteiger partial charge in [0, 0.05) is 79.7 Å². The molecule has 1 saturated heterocycles. The summed E-state index contributed by atoms with van der Waals surface area (Å²) in [5.74, 6) is 0.195. The third-order valence-corrected chi connectivity index (χ3v) is 7.22. The van der Waals surface area contributed by atoms with Crippen LogP contribution in [0.3, 0.4) is 0 Å². The number of carbonyl (C=O) groups excluding carboxylic acids is 1. The quantitative estimate of drug-likeness (QED) is 0.439. The Morgan fingerprint density at radius 2 is 1.80 bits per heavy atom. The van der Waals surface area contributed by atoms with Gasteiger partial charge < -0.3 is 9.80 Å². The Morgan fingerprint density at radius 3 is 2.63 bits per heavy atom. The van der Waals surface area contributed by atoms with E-state index in [1.165, 1.54) is 5.69 Å². The van der Waals surface area contributed by atoms with E-state index in [1.54, 1.807) is 0 Å². The molecule has 4 heterocycles. The SMILES string of the molecule is O=C(CN1CCN(c2ccnc3cc(Cl)ccc23)CC1)N1CCc2nn(-c3ccccc3)cc2C1. The molecule has 0 atom stereocenters. The van der Waals surface area contributed by atoms with Gasteiger partial charge in [0.15, 0.2) is 0 Å². The fraction of sp³-hybridized carbons (Fsp3) is 0.296. The van der Waals surface area contributed by atoms with Crippen LogP contribution >= 0.6 is 11.6 Å². The van der Waals surface area contributed by atoms with Crippen molar-refractivity contribution in [1.29, 1.82) is 0 Å². The molecule has 178 valence electrons. The Kier molecular flexibility index (Phi) is 5.88.